The molecule has 4 rings (SSSR count). The highest BCUT2D eigenvalue weighted by molar-refractivity contribution is 7.90. The molecule has 1 amide bonds. The maximum atomic E-state index is 12.8. The van der Waals surface area contributed by atoms with Crippen LogP contribution >= 0.6 is 0 Å². The number of sulfone groups is 1. The minimum atomic E-state index is -3.51. The second-order valence-electron chi connectivity index (χ2n) is 7.58. The van der Waals surface area contributed by atoms with Crippen molar-refractivity contribution < 1.29 is 13.2 Å². The van der Waals surface area contributed by atoms with E-state index < -0.39 is 9.84 Å². The Kier molecular flexibility index (Phi) is 5.82. The second-order valence-corrected chi connectivity index (χ2v) is 9.54. The Balaban J connectivity index is 1.47. The first-order chi connectivity index (χ1) is 14.9. The molecule has 2 aromatic carbocycles. The number of fused-ring (bicyclic) bond motifs is 3. The number of hydrogen-bond acceptors (Lipinski definition) is 5. The van der Waals surface area contributed by atoms with Gasteiger partial charge in [-0.1, -0.05) is 36.4 Å². The Morgan fingerprint density at radius 2 is 1.84 bits per heavy atom. The van der Waals surface area contributed by atoms with Crippen LogP contribution in [0.15, 0.2) is 59.5 Å². The summed E-state index contributed by atoms with van der Waals surface area (Å²) >= 11 is 0. The molecule has 0 radical (unpaired) electrons. The van der Waals surface area contributed by atoms with Gasteiger partial charge in [0.2, 0.25) is 0 Å². The molecule has 2 heterocycles. The van der Waals surface area contributed by atoms with Gasteiger partial charge in [0.25, 0.3) is 5.91 Å². The van der Waals surface area contributed by atoms with E-state index in [9.17, 15) is 13.2 Å². The molecule has 0 atom stereocenters. The van der Waals surface area contributed by atoms with Crippen LogP contribution in [0, 0.1) is 0 Å². The van der Waals surface area contributed by atoms with Crippen LogP contribution in [-0.2, 0) is 22.6 Å². The van der Waals surface area contributed by atoms with Crippen LogP contribution in [0.5, 0.6) is 0 Å². The summed E-state index contributed by atoms with van der Waals surface area (Å²) in [4.78, 5) is 15.4. The third-order valence-corrected chi connectivity index (χ3v) is 7.26. The van der Waals surface area contributed by atoms with Crippen LogP contribution < -0.4 is 10.2 Å². The number of nitrogens with one attached hydrogen (secondary N) is 1. The topological polar surface area (TPSA) is 84.3 Å². The normalized spacial score (nSPS) is 13.9. The van der Waals surface area contributed by atoms with E-state index in [0.29, 0.717) is 23.4 Å². The molecule has 0 bridgehead atoms. The van der Waals surface area contributed by atoms with Crippen LogP contribution in [0.1, 0.15) is 29.4 Å². The molecular formula is C23H26N4O3S. The quantitative estimate of drug-likeness (QED) is 0.573. The molecule has 1 aliphatic rings. The number of carbonyl (C=O) groups is 1. The average molecular weight is 439 g/mol. The lowest BCUT2D eigenvalue weighted by atomic mass is 10.1. The van der Waals surface area contributed by atoms with Crippen LogP contribution in [-0.4, -0.2) is 43.7 Å². The Bertz CT molecular complexity index is 1200. The number of hydrogen-bond donors (Lipinski definition) is 1. The van der Waals surface area contributed by atoms with Crippen LogP contribution in [0.3, 0.4) is 0 Å². The van der Waals surface area contributed by atoms with Crippen LogP contribution in [0.2, 0.25) is 0 Å². The molecule has 7 nitrogen and oxygen atoms in total. The van der Waals surface area contributed by atoms with Gasteiger partial charge in [0.15, 0.2) is 15.5 Å². The van der Waals surface area contributed by atoms with Crippen molar-refractivity contribution in [3.05, 3.63) is 65.9 Å². The van der Waals surface area contributed by atoms with E-state index in [1.54, 1.807) is 36.0 Å². The van der Waals surface area contributed by atoms with E-state index in [1.807, 2.05) is 18.2 Å². The number of carbonyl (C=O) groups excluding carboxylic acids is 1. The SMILES string of the molecule is CCN(CCCNC(=O)c1nn(C)c2c1CS(=O)(=O)c1ccccc1-2)c1ccccc1. The zero-order valence-electron chi connectivity index (χ0n) is 17.7. The van der Waals surface area contributed by atoms with Gasteiger partial charge >= 0.3 is 0 Å². The molecule has 0 saturated carbocycles. The van der Waals surface area contributed by atoms with Gasteiger partial charge in [0.1, 0.15) is 0 Å². The van der Waals surface area contributed by atoms with E-state index in [2.05, 4.69) is 34.4 Å². The predicted molar refractivity (Wildman–Crippen MR) is 121 cm³/mol. The Hall–Kier alpha value is -3.13. The molecule has 0 spiro atoms. The fourth-order valence-electron chi connectivity index (χ4n) is 4.09. The number of nitrogens with zero attached hydrogens (tertiary/aromatic N) is 3. The van der Waals surface area contributed by atoms with Crippen molar-refractivity contribution in [2.45, 2.75) is 24.0 Å². The smallest absolute Gasteiger partial charge is 0.272 e. The lowest BCUT2D eigenvalue weighted by molar-refractivity contribution is 0.0947. The third-order valence-electron chi connectivity index (χ3n) is 5.57. The summed E-state index contributed by atoms with van der Waals surface area (Å²) in [6, 6.07) is 17.0. The van der Waals surface area contributed by atoms with Crippen molar-refractivity contribution in [3.63, 3.8) is 0 Å². The second kappa shape index (κ2) is 8.55. The molecule has 0 saturated heterocycles. The Labute approximate surface area is 182 Å². The lowest BCUT2D eigenvalue weighted by Gasteiger charge is -2.23. The highest BCUT2D eigenvalue weighted by Crippen LogP contribution is 2.38. The van der Waals surface area contributed by atoms with Gasteiger partial charge in [-0.3, -0.25) is 9.48 Å². The first kappa shape index (κ1) is 21.1. The Morgan fingerprint density at radius 1 is 1.13 bits per heavy atom. The van der Waals surface area contributed by atoms with Gasteiger partial charge in [0.05, 0.1) is 16.3 Å². The molecule has 0 fully saturated rings. The summed E-state index contributed by atoms with van der Waals surface area (Å²) in [6.07, 6.45) is 0.768. The van der Waals surface area contributed by atoms with Crippen molar-refractivity contribution in [2.24, 2.45) is 7.05 Å². The molecule has 1 aromatic heterocycles. The lowest BCUT2D eigenvalue weighted by Crippen LogP contribution is -2.30. The molecule has 31 heavy (non-hydrogen) atoms. The number of anilines is 1. The highest BCUT2D eigenvalue weighted by Gasteiger charge is 2.34. The molecule has 8 heteroatoms. The van der Waals surface area contributed by atoms with Crippen molar-refractivity contribution >= 4 is 21.4 Å². The number of para-hydroxylation sites is 1. The summed E-state index contributed by atoms with van der Waals surface area (Å²) in [5.74, 6) is -0.553. The van der Waals surface area contributed by atoms with Gasteiger partial charge in [-0.25, -0.2) is 8.42 Å². The maximum absolute atomic E-state index is 12.8. The number of benzene rings is 2. The molecule has 162 valence electrons. The van der Waals surface area contributed by atoms with Crippen molar-refractivity contribution in [2.75, 3.05) is 24.5 Å². The van der Waals surface area contributed by atoms with E-state index in [1.165, 1.54) is 0 Å². The molecule has 3 aromatic rings. The van der Waals surface area contributed by atoms with Crippen LogP contribution in [0.4, 0.5) is 5.69 Å². The van der Waals surface area contributed by atoms with Gasteiger partial charge in [-0.2, -0.15) is 5.10 Å². The highest BCUT2D eigenvalue weighted by atomic mass is 32.2. The fraction of sp³-hybridized carbons (Fsp3) is 0.304. The summed E-state index contributed by atoms with van der Waals surface area (Å²) in [7, 11) is -1.77. The minimum absolute atomic E-state index is 0.186. The summed E-state index contributed by atoms with van der Waals surface area (Å²) in [6.45, 7) is 4.27. The first-order valence-electron chi connectivity index (χ1n) is 10.4. The number of aromatic nitrogens is 2. The summed E-state index contributed by atoms with van der Waals surface area (Å²) in [5.41, 5.74) is 3.10. The molecule has 0 unspecified atom stereocenters. The maximum Gasteiger partial charge on any atom is 0.272 e. The van der Waals surface area contributed by atoms with Crippen molar-refractivity contribution in [1.82, 2.24) is 15.1 Å². The first-order valence-corrected chi connectivity index (χ1v) is 12.0. The van der Waals surface area contributed by atoms with Crippen molar-refractivity contribution in [3.8, 4) is 11.3 Å². The zero-order valence-corrected chi connectivity index (χ0v) is 18.5. The molecule has 1 N–H and O–H groups in total. The molecule has 1 aliphatic heterocycles. The number of rotatable bonds is 7. The fourth-order valence-corrected chi connectivity index (χ4v) is 5.68. The third kappa shape index (κ3) is 4.07. The Morgan fingerprint density at radius 3 is 2.58 bits per heavy atom. The monoisotopic (exact) mass is 438 g/mol. The standard InChI is InChI=1S/C23H26N4O3S/c1-3-27(17-10-5-4-6-11-17)15-9-14-24-23(28)21-19-16-31(29,30)20-13-8-7-12-18(20)22(19)26(2)25-21/h4-8,10-13H,3,9,14-16H2,1-2H3,(H,24,28). The predicted octanol–water partition coefficient (Wildman–Crippen LogP) is 3.02. The van der Waals surface area contributed by atoms with Gasteiger partial charge in [-0.05, 0) is 31.5 Å². The summed E-state index contributed by atoms with van der Waals surface area (Å²) < 4.78 is 27.1. The zero-order chi connectivity index (χ0) is 22.0. The van der Waals surface area contributed by atoms with Gasteiger partial charge in [0, 0.05) is 43.5 Å². The minimum Gasteiger partial charge on any atom is -0.372 e. The van der Waals surface area contributed by atoms with Crippen molar-refractivity contribution in [1.29, 1.82) is 0 Å². The molecule has 0 aliphatic carbocycles. The number of amides is 1. The van der Waals surface area contributed by atoms with E-state index in [0.717, 1.165) is 25.2 Å². The van der Waals surface area contributed by atoms with Gasteiger partial charge in [-0.15, -0.1) is 0 Å². The van der Waals surface area contributed by atoms with E-state index >= 15 is 0 Å². The molecular weight excluding hydrogens is 412 g/mol. The van der Waals surface area contributed by atoms with E-state index in [4.69, 9.17) is 0 Å². The number of aryl methyl sites for hydroxylation is 1. The van der Waals surface area contributed by atoms with Crippen LogP contribution in [0.25, 0.3) is 11.3 Å². The average Bonchev–Trinajstić information content (AvgIpc) is 3.10. The van der Waals surface area contributed by atoms with E-state index in [-0.39, 0.29) is 22.2 Å². The summed E-state index contributed by atoms with van der Waals surface area (Å²) in [5, 5.41) is 7.27. The van der Waals surface area contributed by atoms with Gasteiger partial charge < -0.3 is 10.2 Å². The largest absolute Gasteiger partial charge is 0.372 e.